The van der Waals surface area contributed by atoms with Gasteiger partial charge in [0.25, 0.3) is 0 Å². The van der Waals surface area contributed by atoms with Crippen molar-refractivity contribution >= 4 is 23.1 Å². The van der Waals surface area contributed by atoms with Crippen molar-refractivity contribution in [2.45, 2.75) is 46.1 Å². The maximum atomic E-state index is 4.61. The minimum absolute atomic E-state index is 0. The largest absolute Gasteiger partial charge is 2.00 e. The second-order valence-corrected chi connectivity index (χ2v) is 4.43. The van der Waals surface area contributed by atoms with Crippen molar-refractivity contribution in [3.63, 3.8) is 0 Å². The van der Waals surface area contributed by atoms with Crippen molar-refractivity contribution in [1.82, 2.24) is 0 Å². The Kier molecular flexibility index (Phi) is 6.50. The molecule has 0 aromatic rings. The number of piperidine rings is 1. The second kappa shape index (κ2) is 5.04. The molecule has 0 radical (unpaired) electrons. The molecular weight excluding hydrogens is 182 g/mol. The summed E-state index contributed by atoms with van der Waals surface area (Å²) in [6.07, 6.45) is 2.60. The average molecular weight is 200 g/mol. The molecule has 0 atom stereocenters. The van der Waals surface area contributed by atoms with E-state index >= 15 is 0 Å². The molecule has 0 aromatic heterocycles. The van der Waals surface area contributed by atoms with Gasteiger partial charge < -0.3 is 17.7 Å². The molecule has 1 heterocycles. The standard InChI is InChI=1S/C9H18N.ClH.Mg/c1-8(2)6-5-7-10-9(8,3)4;;/h5-7H2,1-4H3;1H;/q-1;;+2/p-1. The Hall–Kier alpha value is 1.02. The van der Waals surface area contributed by atoms with Crippen LogP contribution >= 0.6 is 0 Å². The van der Waals surface area contributed by atoms with Gasteiger partial charge in [0.2, 0.25) is 0 Å². The Labute approximate surface area is 98.6 Å². The Bertz CT molecular complexity index is 118. The molecule has 0 unspecified atom stereocenters. The molecule has 68 valence electrons. The van der Waals surface area contributed by atoms with E-state index in [2.05, 4.69) is 33.0 Å². The third-order valence-corrected chi connectivity index (χ3v) is 3.12. The number of hydrogen-bond donors (Lipinski definition) is 0. The summed E-state index contributed by atoms with van der Waals surface area (Å²) in [7, 11) is 0. The van der Waals surface area contributed by atoms with E-state index in [9.17, 15) is 0 Å². The molecule has 0 spiro atoms. The molecule has 0 aromatic carbocycles. The SMILES string of the molecule is CC1(C)CCC[N-]C1(C)C.[Cl-].[Mg+2]. The molecule has 12 heavy (non-hydrogen) atoms. The van der Waals surface area contributed by atoms with E-state index < -0.39 is 0 Å². The van der Waals surface area contributed by atoms with Crippen LogP contribution in [0.4, 0.5) is 0 Å². The molecule has 0 N–H and O–H groups in total. The van der Waals surface area contributed by atoms with Crippen LogP contribution in [0.2, 0.25) is 0 Å². The third-order valence-electron chi connectivity index (χ3n) is 3.12. The summed E-state index contributed by atoms with van der Waals surface area (Å²) >= 11 is 0. The monoisotopic (exact) mass is 199 g/mol. The van der Waals surface area contributed by atoms with E-state index in [0.29, 0.717) is 5.41 Å². The van der Waals surface area contributed by atoms with E-state index in [0.717, 1.165) is 6.54 Å². The van der Waals surface area contributed by atoms with Crippen LogP contribution in [0.15, 0.2) is 0 Å². The van der Waals surface area contributed by atoms with Gasteiger partial charge in [0.15, 0.2) is 0 Å². The Morgan fingerprint density at radius 1 is 1.08 bits per heavy atom. The fraction of sp³-hybridized carbons (Fsp3) is 1.00. The van der Waals surface area contributed by atoms with Gasteiger partial charge in [-0.15, -0.1) is 12.1 Å². The maximum absolute atomic E-state index is 4.61. The van der Waals surface area contributed by atoms with Crippen LogP contribution < -0.4 is 12.4 Å². The summed E-state index contributed by atoms with van der Waals surface area (Å²) in [6, 6.07) is 0. The van der Waals surface area contributed by atoms with Crippen LogP contribution in [0.25, 0.3) is 5.32 Å². The van der Waals surface area contributed by atoms with Gasteiger partial charge in [-0.3, -0.25) is 0 Å². The molecule has 1 aliphatic heterocycles. The van der Waals surface area contributed by atoms with Crippen LogP contribution in [0.3, 0.4) is 0 Å². The summed E-state index contributed by atoms with van der Waals surface area (Å²) in [4.78, 5) is 0. The van der Waals surface area contributed by atoms with Gasteiger partial charge in [0.1, 0.15) is 0 Å². The predicted molar refractivity (Wildman–Crippen MR) is 51.1 cm³/mol. The Balaban J connectivity index is 0. The van der Waals surface area contributed by atoms with Crippen LogP contribution in [-0.4, -0.2) is 35.1 Å². The van der Waals surface area contributed by atoms with E-state index in [1.807, 2.05) is 0 Å². The van der Waals surface area contributed by atoms with Gasteiger partial charge in [-0.2, -0.15) is 0 Å². The van der Waals surface area contributed by atoms with E-state index in [-0.39, 0.29) is 41.0 Å². The second-order valence-electron chi connectivity index (χ2n) is 4.43. The number of nitrogens with zero attached hydrogens (tertiary/aromatic N) is 1. The van der Waals surface area contributed by atoms with Crippen molar-refractivity contribution in [1.29, 1.82) is 0 Å². The van der Waals surface area contributed by atoms with Gasteiger partial charge >= 0.3 is 23.1 Å². The zero-order valence-corrected chi connectivity index (χ0v) is 10.8. The number of rotatable bonds is 0. The molecule has 1 nitrogen and oxygen atoms in total. The smallest absolute Gasteiger partial charge is 1.00 e. The van der Waals surface area contributed by atoms with Crippen molar-refractivity contribution < 1.29 is 12.4 Å². The molecule has 0 amide bonds. The molecule has 0 saturated carbocycles. The van der Waals surface area contributed by atoms with Gasteiger partial charge in [-0.25, -0.2) is 0 Å². The van der Waals surface area contributed by atoms with Crippen molar-refractivity contribution in [2.75, 3.05) is 6.54 Å². The third kappa shape index (κ3) is 3.06. The minimum Gasteiger partial charge on any atom is -1.00 e. The van der Waals surface area contributed by atoms with E-state index in [1.54, 1.807) is 0 Å². The molecule has 1 rings (SSSR count). The summed E-state index contributed by atoms with van der Waals surface area (Å²) < 4.78 is 0. The van der Waals surface area contributed by atoms with Crippen molar-refractivity contribution in [3.05, 3.63) is 5.32 Å². The van der Waals surface area contributed by atoms with Crippen LogP contribution in [0.5, 0.6) is 0 Å². The minimum atomic E-state index is 0. The molecule has 0 aliphatic carbocycles. The van der Waals surface area contributed by atoms with Crippen molar-refractivity contribution in [3.8, 4) is 0 Å². The fourth-order valence-electron chi connectivity index (χ4n) is 1.40. The zero-order chi connectivity index (χ0) is 7.83. The summed E-state index contributed by atoms with van der Waals surface area (Å²) in [5.41, 5.74) is 0.608. The topological polar surface area (TPSA) is 14.1 Å². The van der Waals surface area contributed by atoms with Gasteiger partial charge in [-0.1, -0.05) is 40.5 Å². The summed E-state index contributed by atoms with van der Waals surface area (Å²) in [6.45, 7) is 10.2. The van der Waals surface area contributed by atoms with E-state index in [4.69, 9.17) is 0 Å². The molecule has 1 aliphatic rings. The van der Waals surface area contributed by atoms with Gasteiger partial charge in [-0.05, 0) is 5.41 Å². The van der Waals surface area contributed by atoms with Crippen LogP contribution in [0, 0.1) is 5.41 Å². The quantitative estimate of drug-likeness (QED) is 0.471. The van der Waals surface area contributed by atoms with Gasteiger partial charge in [0.05, 0.1) is 0 Å². The number of hydrogen-bond acceptors (Lipinski definition) is 0. The summed E-state index contributed by atoms with van der Waals surface area (Å²) in [5, 5.41) is 4.61. The first-order chi connectivity index (χ1) is 4.46. The Morgan fingerprint density at radius 3 is 1.83 bits per heavy atom. The number of halogens is 1. The Morgan fingerprint density at radius 2 is 1.58 bits per heavy atom. The van der Waals surface area contributed by atoms with Crippen molar-refractivity contribution in [2.24, 2.45) is 5.41 Å². The maximum Gasteiger partial charge on any atom is 2.00 e. The first-order valence-corrected chi connectivity index (χ1v) is 4.14. The zero-order valence-electron chi connectivity index (χ0n) is 8.65. The first kappa shape index (κ1) is 15.5. The molecule has 3 heteroatoms. The fourth-order valence-corrected chi connectivity index (χ4v) is 1.40. The predicted octanol–water partition coefficient (Wildman–Crippen LogP) is -0.418. The van der Waals surface area contributed by atoms with Crippen LogP contribution in [0.1, 0.15) is 40.5 Å². The molecule has 0 bridgehead atoms. The van der Waals surface area contributed by atoms with Gasteiger partial charge in [0, 0.05) is 0 Å². The van der Waals surface area contributed by atoms with Crippen LogP contribution in [-0.2, 0) is 0 Å². The van der Waals surface area contributed by atoms with E-state index in [1.165, 1.54) is 12.8 Å². The average Bonchev–Trinajstić information content (AvgIpc) is 1.77. The normalized spacial score (nSPS) is 25.0. The molecular formula is C9H18ClMgN. The first-order valence-electron chi connectivity index (χ1n) is 4.14. The molecule has 1 saturated heterocycles. The summed E-state index contributed by atoms with van der Waals surface area (Å²) in [5.74, 6) is 0. The molecule has 1 fully saturated rings.